The number of aromatic amines is 1. The van der Waals surface area contributed by atoms with Crippen LogP contribution in [0.2, 0.25) is 5.02 Å². The van der Waals surface area contributed by atoms with Crippen LogP contribution < -0.4 is 9.61 Å². The monoisotopic (exact) mass is 419 g/mol. The third-order valence-electron chi connectivity index (χ3n) is 3.92. The van der Waals surface area contributed by atoms with E-state index in [4.69, 9.17) is 21.1 Å². The Labute approximate surface area is 170 Å². The van der Waals surface area contributed by atoms with Crippen molar-refractivity contribution in [2.45, 2.75) is 19.4 Å². The number of rotatable bonds is 7. The Bertz CT molecular complexity index is 1010. The highest BCUT2D eigenvalue weighted by Gasteiger charge is 2.16. The first-order valence-corrected chi connectivity index (χ1v) is 9.65. The highest BCUT2D eigenvalue weighted by molar-refractivity contribution is 7.09. The third-order valence-corrected chi connectivity index (χ3v) is 5.03. The summed E-state index contributed by atoms with van der Waals surface area (Å²) < 4.78 is 11.1. The molecule has 3 rings (SSSR count). The van der Waals surface area contributed by atoms with Crippen LogP contribution in [0.25, 0.3) is 0 Å². The predicted molar refractivity (Wildman–Crippen MR) is 107 cm³/mol. The first-order valence-electron chi connectivity index (χ1n) is 8.46. The molecule has 2 aromatic carbocycles. The summed E-state index contributed by atoms with van der Waals surface area (Å²) in [5, 5.41) is 10.2. The molecular formula is C20H18ClNO5S. The fraction of sp³-hybridized carbons (Fsp3) is 0.200. The molecule has 3 aromatic rings. The molecule has 6 nitrogen and oxygen atoms in total. The van der Waals surface area contributed by atoms with E-state index in [1.54, 1.807) is 30.3 Å². The van der Waals surface area contributed by atoms with E-state index in [9.17, 15) is 14.7 Å². The summed E-state index contributed by atoms with van der Waals surface area (Å²) >= 11 is 7.00. The van der Waals surface area contributed by atoms with E-state index in [2.05, 4.69) is 4.98 Å². The Morgan fingerprint density at radius 1 is 1.25 bits per heavy atom. The van der Waals surface area contributed by atoms with Crippen molar-refractivity contribution in [3.8, 4) is 11.6 Å². The lowest BCUT2D eigenvalue weighted by Gasteiger charge is -2.18. The highest BCUT2D eigenvalue weighted by Crippen LogP contribution is 2.24. The Morgan fingerprint density at radius 2 is 2.00 bits per heavy atom. The van der Waals surface area contributed by atoms with Crippen LogP contribution in [-0.4, -0.2) is 22.7 Å². The van der Waals surface area contributed by atoms with Gasteiger partial charge < -0.3 is 14.6 Å². The van der Waals surface area contributed by atoms with E-state index < -0.39 is 12.1 Å². The van der Waals surface area contributed by atoms with Crippen LogP contribution in [0.3, 0.4) is 0 Å². The lowest BCUT2D eigenvalue weighted by atomic mass is 10.1. The van der Waals surface area contributed by atoms with Crippen LogP contribution in [0.15, 0.2) is 53.3 Å². The third kappa shape index (κ3) is 5.37. The molecule has 2 N–H and O–H groups in total. The fourth-order valence-electron chi connectivity index (χ4n) is 2.64. The molecule has 8 heteroatoms. The fourth-order valence-corrected chi connectivity index (χ4v) is 3.60. The summed E-state index contributed by atoms with van der Waals surface area (Å²) in [7, 11) is 0. The molecule has 0 amide bonds. The maximum absolute atomic E-state index is 11.4. The molecule has 1 heterocycles. The number of H-pyrrole nitrogens is 1. The average molecular weight is 420 g/mol. The van der Waals surface area contributed by atoms with Crippen LogP contribution >= 0.6 is 22.9 Å². The number of hydrogen-bond donors (Lipinski definition) is 2. The average Bonchev–Trinajstić information content (AvgIpc) is 2.96. The van der Waals surface area contributed by atoms with Gasteiger partial charge in [-0.15, -0.1) is 0 Å². The Hall–Kier alpha value is -2.77. The first kappa shape index (κ1) is 20.0. The van der Waals surface area contributed by atoms with Gasteiger partial charge in [-0.3, -0.25) is 14.6 Å². The van der Waals surface area contributed by atoms with Crippen LogP contribution in [0.1, 0.15) is 29.0 Å². The summed E-state index contributed by atoms with van der Waals surface area (Å²) in [6.07, 6.45) is -0.140. The van der Waals surface area contributed by atoms with Gasteiger partial charge in [-0.05, 0) is 35.4 Å². The highest BCUT2D eigenvalue weighted by atomic mass is 35.5. The van der Waals surface area contributed by atoms with Crippen molar-refractivity contribution < 1.29 is 19.4 Å². The second-order valence-corrected chi connectivity index (χ2v) is 7.58. The number of carbonyl (C=O) groups excluding carboxylic acids is 1. The number of thiazole rings is 1. The van der Waals surface area contributed by atoms with Gasteiger partial charge >= 0.3 is 10.8 Å². The van der Waals surface area contributed by atoms with Crippen LogP contribution in [0, 0.1) is 0 Å². The van der Waals surface area contributed by atoms with Crippen molar-refractivity contribution >= 4 is 28.9 Å². The van der Waals surface area contributed by atoms with Gasteiger partial charge in [-0.2, -0.15) is 0 Å². The van der Waals surface area contributed by atoms with Crippen LogP contribution in [0.4, 0.5) is 0 Å². The van der Waals surface area contributed by atoms with Gasteiger partial charge in [0, 0.05) is 18.4 Å². The van der Waals surface area contributed by atoms with Gasteiger partial charge in [-0.1, -0.05) is 47.2 Å². The zero-order valence-electron chi connectivity index (χ0n) is 15.0. The molecule has 0 unspecified atom stereocenters. The summed E-state index contributed by atoms with van der Waals surface area (Å²) in [4.78, 5) is 25.3. The predicted octanol–water partition coefficient (Wildman–Crippen LogP) is 4.07. The standard InChI is InChI=1S/C20H18ClNO5S/c1-12(23)27-17(14-3-2-4-15(21)10-14)11-26-16-7-5-13(6-8-16)9-18-19(24)22-20(25)28-18/h2-8,10,17,24H,9,11H2,1H3,(H,22,25)/t17-/m1/s1. The van der Waals surface area contributed by atoms with Gasteiger partial charge in [-0.25, -0.2) is 0 Å². The topological polar surface area (TPSA) is 88.6 Å². The summed E-state index contributed by atoms with van der Waals surface area (Å²) in [6.45, 7) is 1.48. The zero-order valence-corrected chi connectivity index (χ0v) is 16.5. The number of aromatic nitrogens is 1. The smallest absolute Gasteiger partial charge is 0.307 e. The van der Waals surface area contributed by atoms with Gasteiger partial charge in [0.1, 0.15) is 12.4 Å². The Kier molecular flexibility index (Phi) is 6.38. The lowest BCUT2D eigenvalue weighted by molar-refractivity contribution is -0.148. The maximum atomic E-state index is 11.4. The molecule has 28 heavy (non-hydrogen) atoms. The normalized spacial score (nSPS) is 11.8. The SMILES string of the molecule is CC(=O)O[C@H](COc1ccc(Cc2sc(=O)[nH]c2O)cc1)c1cccc(Cl)c1. The number of carbonyl (C=O) groups is 1. The minimum atomic E-state index is -0.579. The second kappa shape index (κ2) is 8.95. The van der Waals surface area contributed by atoms with E-state index in [-0.39, 0.29) is 17.4 Å². The summed E-state index contributed by atoms with van der Waals surface area (Å²) in [6, 6.07) is 14.3. The molecule has 0 fully saturated rings. The summed E-state index contributed by atoms with van der Waals surface area (Å²) in [5.74, 6) is 0.102. The number of ether oxygens (including phenoxy) is 2. The van der Waals surface area contributed by atoms with Crippen LogP contribution in [-0.2, 0) is 16.0 Å². The Balaban J connectivity index is 1.65. The minimum absolute atomic E-state index is 0.0962. The van der Waals surface area contributed by atoms with Gasteiger partial charge in [0.05, 0.1) is 4.88 Å². The quantitative estimate of drug-likeness (QED) is 0.563. The maximum Gasteiger partial charge on any atom is 0.307 e. The van der Waals surface area contributed by atoms with E-state index in [1.165, 1.54) is 6.92 Å². The number of aromatic hydroxyl groups is 1. The van der Waals surface area contributed by atoms with Crippen molar-refractivity contribution in [3.05, 3.63) is 79.2 Å². The van der Waals surface area contributed by atoms with E-state index >= 15 is 0 Å². The minimum Gasteiger partial charge on any atom is -0.494 e. The molecule has 0 saturated carbocycles. The van der Waals surface area contributed by atoms with E-state index in [0.717, 1.165) is 22.5 Å². The zero-order chi connectivity index (χ0) is 20.1. The van der Waals surface area contributed by atoms with Crippen molar-refractivity contribution in [2.75, 3.05) is 6.61 Å². The number of benzene rings is 2. The van der Waals surface area contributed by atoms with Crippen molar-refractivity contribution in [1.82, 2.24) is 4.98 Å². The molecular weight excluding hydrogens is 402 g/mol. The number of esters is 1. The number of nitrogens with one attached hydrogen (secondary N) is 1. The molecule has 1 aromatic heterocycles. The van der Waals surface area contributed by atoms with Crippen LogP contribution in [0.5, 0.6) is 11.6 Å². The largest absolute Gasteiger partial charge is 0.494 e. The lowest BCUT2D eigenvalue weighted by Crippen LogP contribution is -2.16. The van der Waals surface area contributed by atoms with Crippen molar-refractivity contribution in [1.29, 1.82) is 0 Å². The van der Waals surface area contributed by atoms with E-state index in [1.807, 2.05) is 18.2 Å². The van der Waals surface area contributed by atoms with Gasteiger partial charge in [0.15, 0.2) is 6.10 Å². The molecule has 0 spiro atoms. The molecule has 146 valence electrons. The van der Waals surface area contributed by atoms with E-state index in [0.29, 0.717) is 22.1 Å². The number of hydrogen-bond acceptors (Lipinski definition) is 6. The molecule has 0 aliphatic carbocycles. The van der Waals surface area contributed by atoms with Gasteiger partial charge in [0.25, 0.3) is 0 Å². The summed E-state index contributed by atoms with van der Waals surface area (Å²) in [5.41, 5.74) is 1.67. The second-order valence-electron chi connectivity index (χ2n) is 6.07. The molecule has 0 radical (unpaired) electrons. The number of halogens is 1. The molecule has 0 aliphatic heterocycles. The van der Waals surface area contributed by atoms with Gasteiger partial charge in [0.2, 0.25) is 5.88 Å². The molecule has 0 aliphatic rings. The van der Waals surface area contributed by atoms with Crippen molar-refractivity contribution in [2.24, 2.45) is 0 Å². The van der Waals surface area contributed by atoms with Crippen molar-refractivity contribution in [3.63, 3.8) is 0 Å². The Morgan fingerprint density at radius 3 is 2.61 bits per heavy atom. The molecule has 0 saturated heterocycles. The first-order chi connectivity index (χ1) is 13.4. The molecule has 1 atom stereocenters. The molecule has 0 bridgehead atoms.